The molecule has 0 amide bonds. The van der Waals surface area contributed by atoms with E-state index in [4.69, 9.17) is 4.98 Å². The van der Waals surface area contributed by atoms with Gasteiger partial charge in [0.2, 0.25) is 0 Å². The second-order valence-electron chi connectivity index (χ2n) is 4.41. The second kappa shape index (κ2) is 4.20. The molecule has 2 atom stereocenters. The standard InChI is InChI=1S/C11H17N3S/c1-3-8(12-5-1)10-7-15-11(14-10)9-4-2-6-13-9/h7-9,12-13H,1-6H2/t8?,9-/m0/s1. The lowest BCUT2D eigenvalue weighted by Crippen LogP contribution is -2.15. The monoisotopic (exact) mass is 223 g/mol. The summed E-state index contributed by atoms with van der Waals surface area (Å²) < 4.78 is 0. The fourth-order valence-electron chi connectivity index (χ4n) is 2.45. The third-order valence-corrected chi connectivity index (χ3v) is 4.29. The largest absolute Gasteiger partial charge is 0.309 e. The van der Waals surface area contributed by atoms with E-state index in [-0.39, 0.29) is 0 Å². The van der Waals surface area contributed by atoms with E-state index in [1.807, 2.05) is 11.3 Å². The average molecular weight is 223 g/mol. The summed E-state index contributed by atoms with van der Waals surface area (Å²) >= 11 is 1.82. The van der Waals surface area contributed by atoms with Crippen LogP contribution in [0.5, 0.6) is 0 Å². The Bertz CT molecular complexity index is 294. The summed E-state index contributed by atoms with van der Waals surface area (Å²) in [6, 6.07) is 1.06. The van der Waals surface area contributed by atoms with E-state index in [1.165, 1.54) is 36.4 Å². The Hall–Kier alpha value is -0.450. The van der Waals surface area contributed by atoms with Crippen molar-refractivity contribution < 1.29 is 0 Å². The third kappa shape index (κ3) is 1.94. The molecule has 1 unspecified atom stereocenters. The molecule has 3 nitrogen and oxygen atoms in total. The maximum absolute atomic E-state index is 4.77. The number of rotatable bonds is 2. The van der Waals surface area contributed by atoms with Crippen LogP contribution in [0.25, 0.3) is 0 Å². The van der Waals surface area contributed by atoms with Gasteiger partial charge in [-0.3, -0.25) is 0 Å². The summed E-state index contributed by atoms with van der Waals surface area (Å²) in [5.74, 6) is 0. The lowest BCUT2D eigenvalue weighted by Gasteiger charge is -2.07. The Labute approximate surface area is 94.3 Å². The highest BCUT2D eigenvalue weighted by molar-refractivity contribution is 7.09. The van der Waals surface area contributed by atoms with Crippen molar-refractivity contribution in [1.29, 1.82) is 0 Å². The normalized spacial score (nSPS) is 31.2. The van der Waals surface area contributed by atoms with Crippen LogP contribution in [0.1, 0.15) is 48.5 Å². The number of aromatic nitrogens is 1. The molecule has 2 aliphatic heterocycles. The van der Waals surface area contributed by atoms with Crippen LogP contribution in [0.4, 0.5) is 0 Å². The Morgan fingerprint density at radius 1 is 1.13 bits per heavy atom. The number of nitrogens with zero attached hydrogens (tertiary/aromatic N) is 1. The number of hydrogen-bond acceptors (Lipinski definition) is 4. The van der Waals surface area contributed by atoms with Crippen LogP contribution in [0.2, 0.25) is 0 Å². The van der Waals surface area contributed by atoms with Gasteiger partial charge in [0, 0.05) is 5.38 Å². The highest BCUT2D eigenvalue weighted by atomic mass is 32.1. The Morgan fingerprint density at radius 2 is 1.87 bits per heavy atom. The van der Waals surface area contributed by atoms with Gasteiger partial charge in [-0.25, -0.2) is 4.98 Å². The van der Waals surface area contributed by atoms with E-state index in [0.717, 1.165) is 13.1 Å². The van der Waals surface area contributed by atoms with Crippen molar-refractivity contribution >= 4 is 11.3 Å². The molecule has 0 bridgehead atoms. The van der Waals surface area contributed by atoms with E-state index in [1.54, 1.807) is 0 Å². The summed E-state index contributed by atoms with van der Waals surface area (Å²) in [5, 5.41) is 10.5. The Morgan fingerprint density at radius 3 is 2.53 bits per heavy atom. The van der Waals surface area contributed by atoms with Crippen LogP contribution in [-0.4, -0.2) is 18.1 Å². The van der Waals surface area contributed by atoms with Gasteiger partial charge in [-0.05, 0) is 38.8 Å². The zero-order valence-electron chi connectivity index (χ0n) is 8.83. The van der Waals surface area contributed by atoms with E-state index in [0.29, 0.717) is 12.1 Å². The lowest BCUT2D eigenvalue weighted by atomic mass is 10.2. The van der Waals surface area contributed by atoms with Gasteiger partial charge in [0.15, 0.2) is 0 Å². The number of thiazole rings is 1. The predicted octanol–water partition coefficient (Wildman–Crippen LogP) is 1.99. The van der Waals surface area contributed by atoms with E-state index in [2.05, 4.69) is 16.0 Å². The molecule has 15 heavy (non-hydrogen) atoms. The smallest absolute Gasteiger partial charge is 0.110 e. The first-order valence-corrected chi connectivity index (χ1v) is 6.73. The van der Waals surface area contributed by atoms with Gasteiger partial charge in [-0.1, -0.05) is 0 Å². The second-order valence-corrected chi connectivity index (χ2v) is 5.30. The summed E-state index contributed by atoms with van der Waals surface area (Å²) in [6.45, 7) is 2.31. The van der Waals surface area contributed by atoms with Crippen molar-refractivity contribution in [2.24, 2.45) is 0 Å². The van der Waals surface area contributed by atoms with E-state index >= 15 is 0 Å². The molecule has 1 aromatic rings. The Balaban J connectivity index is 1.74. The minimum atomic E-state index is 0.524. The van der Waals surface area contributed by atoms with Gasteiger partial charge in [0.25, 0.3) is 0 Å². The first-order valence-electron chi connectivity index (χ1n) is 5.85. The topological polar surface area (TPSA) is 37.0 Å². The minimum Gasteiger partial charge on any atom is -0.309 e. The van der Waals surface area contributed by atoms with Crippen molar-refractivity contribution in [2.45, 2.75) is 37.8 Å². The van der Waals surface area contributed by atoms with E-state index in [9.17, 15) is 0 Å². The molecule has 0 aliphatic carbocycles. The number of hydrogen-bond donors (Lipinski definition) is 2. The molecule has 3 heterocycles. The van der Waals surface area contributed by atoms with Gasteiger partial charge in [0.1, 0.15) is 5.01 Å². The molecule has 2 saturated heterocycles. The van der Waals surface area contributed by atoms with Gasteiger partial charge < -0.3 is 10.6 Å². The predicted molar refractivity (Wildman–Crippen MR) is 62.1 cm³/mol. The summed E-state index contributed by atoms with van der Waals surface area (Å²) in [6.07, 6.45) is 5.09. The molecule has 2 aliphatic rings. The summed E-state index contributed by atoms with van der Waals surface area (Å²) in [4.78, 5) is 4.77. The van der Waals surface area contributed by atoms with Crippen LogP contribution >= 0.6 is 11.3 Å². The molecule has 2 N–H and O–H groups in total. The Kier molecular flexibility index (Phi) is 2.73. The van der Waals surface area contributed by atoms with Crippen molar-refractivity contribution in [2.75, 3.05) is 13.1 Å². The quantitative estimate of drug-likeness (QED) is 0.805. The van der Waals surface area contributed by atoms with Crippen LogP contribution in [0.3, 0.4) is 0 Å². The lowest BCUT2D eigenvalue weighted by molar-refractivity contribution is 0.608. The first-order chi connectivity index (χ1) is 7.43. The van der Waals surface area contributed by atoms with Crippen molar-refractivity contribution in [3.8, 4) is 0 Å². The first kappa shape index (κ1) is 9.75. The van der Waals surface area contributed by atoms with Gasteiger partial charge in [0.05, 0.1) is 17.8 Å². The van der Waals surface area contributed by atoms with E-state index < -0.39 is 0 Å². The minimum absolute atomic E-state index is 0.524. The average Bonchev–Trinajstić information content (AvgIpc) is 3.02. The van der Waals surface area contributed by atoms with Crippen LogP contribution in [0, 0.1) is 0 Å². The molecule has 0 spiro atoms. The summed E-state index contributed by atoms with van der Waals surface area (Å²) in [7, 11) is 0. The molecule has 2 fully saturated rings. The number of nitrogens with one attached hydrogen (secondary N) is 2. The zero-order valence-corrected chi connectivity index (χ0v) is 9.65. The highest BCUT2D eigenvalue weighted by Crippen LogP contribution is 2.30. The molecule has 4 heteroatoms. The molecular formula is C11H17N3S. The molecule has 82 valence electrons. The van der Waals surface area contributed by atoms with Crippen molar-refractivity contribution in [1.82, 2.24) is 15.6 Å². The van der Waals surface area contributed by atoms with Crippen LogP contribution in [0.15, 0.2) is 5.38 Å². The van der Waals surface area contributed by atoms with Crippen molar-refractivity contribution in [3.05, 3.63) is 16.1 Å². The van der Waals surface area contributed by atoms with Crippen LogP contribution < -0.4 is 10.6 Å². The zero-order chi connectivity index (χ0) is 10.1. The molecule has 0 radical (unpaired) electrons. The van der Waals surface area contributed by atoms with Gasteiger partial charge in [-0.2, -0.15) is 0 Å². The molecule has 0 aromatic carbocycles. The maximum atomic E-state index is 4.77. The SMILES string of the molecule is c1sc([C@@H]2CCCN2)nc1C1CCCN1. The van der Waals surface area contributed by atoms with Crippen LogP contribution in [-0.2, 0) is 0 Å². The molecular weight excluding hydrogens is 206 g/mol. The molecule has 3 rings (SSSR count). The molecule has 0 saturated carbocycles. The van der Waals surface area contributed by atoms with Gasteiger partial charge >= 0.3 is 0 Å². The summed E-state index contributed by atoms with van der Waals surface area (Å²) in [5.41, 5.74) is 1.27. The molecule has 1 aromatic heterocycles. The third-order valence-electron chi connectivity index (χ3n) is 3.32. The fourth-order valence-corrected chi connectivity index (χ4v) is 3.44. The fraction of sp³-hybridized carbons (Fsp3) is 0.727. The maximum Gasteiger partial charge on any atom is 0.110 e. The van der Waals surface area contributed by atoms with Crippen molar-refractivity contribution in [3.63, 3.8) is 0 Å². The van der Waals surface area contributed by atoms with Gasteiger partial charge in [-0.15, -0.1) is 11.3 Å². The highest BCUT2D eigenvalue weighted by Gasteiger charge is 2.23.